The fourth-order valence-electron chi connectivity index (χ4n) is 2.85. The highest BCUT2D eigenvalue weighted by atomic mass is 127. The summed E-state index contributed by atoms with van der Waals surface area (Å²) in [6.45, 7) is 10.0. The minimum atomic E-state index is -1.19. The van der Waals surface area contributed by atoms with Gasteiger partial charge in [-0.2, -0.15) is 0 Å². The molecule has 3 heterocycles. The predicted molar refractivity (Wildman–Crippen MR) is 127 cm³/mol. The molecule has 0 saturated carbocycles. The molecule has 0 saturated heterocycles. The van der Waals surface area contributed by atoms with Crippen molar-refractivity contribution in [2.24, 2.45) is 4.40 Å². The molecule has 3 rings (SSSR count). The second kappa shape index (κ2) is 9.31. The van der Waals surface area contributed by atoms with Crippen molar-refractivity contribution in [3.8, 4) is 0 Å². The zero-order chi connectivity index (χ0) is 21.2. The van der Waals surface area contributed by atoms with Crippen molar-refractivity contribution in [1.82, 2.24) is 14.4 Å². The Morgan fingerprint density at radius 2 is 2.21 bits per heavy atom. The van der Waals surface area contributed by atoms with Crippen molar-refractivity contribution in [2.75, 3.05) is 25.3 Å². The van der Waals surface area contributed by atoms with Crippen LogP contribution in [0.5, 0.6) is 0 Å². The van der Waals surface area contributed by atoms with Gasteiger partial charge in [-0.1, -0.05) is 19.6 Å². The van der Waals surface area contributed by atoms with Crippen LogP contribution in [0.4, 0.5) is 5.82 Å². The van der Waals surface area contributed by atoms with E-state index >= 15 is 0 Å². The number of methoxy groups -OCH3 is 1. The number of hydrogen-bond donors (Lipinski definition) is 0. The van der Waals surface area contributed by atoms with E-state index in [-0.39, 0.29) is 5.37 Å². The number of hydrogen-bond acceptors (Lipinski definition) is 8. The van der Waals surface area contributed by atoms with Crippen LogP contribution in [0.25, 0.3) is 5.65 Å². The Kier molecular flexibility index (Phi) is 7.22. The molecule has 0 bridgehead atoms. The van der Waals surface area contributed by atoms with E-state index in [9.17, 15) is 4.79 Å². The molecule has 1 unspecified atom stereocenters. The zero-order valence-corrected chi connectivity index (χ0v) is 21.3. The molecule has 1 aliphatic rings. The maximum atomic E-state index is 11.9. The van der Waals surface area contributed by atoms with E-state index in [1.807, 2.05) is 23.7 Å². The van der Waals surface area contributed by atoms with E-state index in [2.05, 4.69) is 56.5 Å². The van der Waals surface area contributed by atoms with Gasteiger partial charge in [0.25, 0.3) is 0 Å². The Hall–Kier alpha value is -1.18. The van der Waals surface area contributed by atoms with E-state index in [0.29, 0.717) is 25.5 Å². The quantitative estimate of drug-likeness (QED) is 0.124. The summed E-state index contributed by atoms with van der Waals surface area (Å²) < 4.78 is 18.2. The zero-order valence-electron chi connectivity index (χ0n) is 17.3. The monoisotopic (exact) mass is 547 g/mol. The summed E-state index contributed by atoms with van der Waals surface area (Å²) in [6.07, 6.45) is 4.26. The van der Waals surface area contributed by atoms with Gasteiger partial charge in [0.2, 0.25) is 0 Å². The molecule has 0 aliphatic carbocycles. The number of imidazole rings is 1. The van der Waals surface area contributed by atoms with Crippen LogP contribution in [0.1, 0.15) is 12.1 Å². The Morgan fingerprint density at radius 1 is 1.45 bits per heavy atom. The van der Waals surface area contributed by atoms with Crippen LogP contribution in [0, 0.1) is 10.6 Å². The molecule has 0 fully saturated rings. The number of fused-ring (bicyclic) bond motifs is 1. The molecule has 0 radical (unpaired) electrons. The lowest BCUT2D eigenvalue weighted by molar-refractivity contribution is -0.132. The number of carbonyl (C=O) groups excluding carboxylic acids is 1. The summed E-state index contributed by atoms with van der Waals surface area (Å²) in [7, 11) is 0.188. The van der Waals surface area contributed by atoms with E-state index in [4.69, 9.17) is 14.5 Å². The molecule has 0 amide bonds. The lowest BCUT2D eigenvalue weighted by Crippen LogP contribution is -2.37. The third kappa shape index (κ3) is 5.50. The smallest absolute Gasteiger partial charge is 0.353 e. The van der Waals surface area contributed by atoms with E-state index in [0.717, 1.165) is 26.9 Å². The summed E-state index contributed by atoms with van der Waals surface area (Å²) >= 11 is 3.60. The van der Waals surface area contributed by atoms with Crippen LogP contribution in [-0.4, -0.2) is 59.9 Å². The molecule has 1 aliphatic heterocycles. The lowest BCUT2D eigenvalue weighted by Gasteiger charge is -2.29. The molecule has 0 aromatic carbocycles. The van der Waals surface area contributed by atoms with Crippen LogP contribution < -0.4 is 4.90 Å². The third-order valence-electron chi connectivity index (χ3n) is 4.47. The van der Waals surface area contributed by atoms with E-state index in [1.165, 1.54) is 19.1 Å². The number of aromatic nitrogens is 3. The predicted octanol–water partition coefficient (Wildman–Crippen LogP) is 3.75. The second-order valence-electron chi connectivity index (χ2n) is 8.09. The van der Waals surface area contributed by atoms with Crippen molar-refractivity contribution in [3.05, 3.63) is 21.8 Å². The molecule has 11 heteroatoms. The minimum absolute atomic E-state index is 0.108. The van der Waals surface area contributed by atoms with Gasteiger partial charge < -0.3 is 14.4 Å². The van der Waals surface area contributed by atoms with Gasteiger partial charge in [0, 0.05) is 27.3 Å². The number of rotatable bonds is 8. The maximum Gasteiger partial charge on any atom is 0.353 e. The number of esters is 1. The summed E-state index contributed by atoms with van der Waals surface area (Å²) in [5, 5.41) is -0.108. The van der Waals surface area contributed by atoms with Crippen molar-refractivity contribution >= 4 is 65.8 Å². The van der Waals surface area contributed by atoms with Gasteiger partial charge in [0.1, 0.15) is 21.5 Å². The molecular formula is C18H26IN5O3SSi. The maximum absolute atomic E-state index is 11.9. The standard InChI is InChI=1S/C18H26IN5O3SSi/c1-12-10-23-14(19)9-20-16(23)17(21-12)24(11-27-6-7-29(3,4)5)15-8-13(22-28-15)18(25)26-2/h9-10,15H,6-8,11H2,1-5H3. The number of anilines is 1. The van der Waals surface area contributed by atoms with Gasteiger partial charge >= 0.3 is 5.97 Å². The minimum Gasteiger partial charge on any atom is -0.465 e. The highest BCUT2D eigenvalue weighted by molar-refractivity contribution is 14.1. The van der Waals surface area contributed by atoms with Crippen molar-refractivity contribution in [2.45, 2.75) is 44.4 Å². The summed E-state index contributed by atoms with van der Waals surface area (Å²) in [4.78, 5) is 23.3. The topological polar surface area (TPSA) is 81.3 Å². The Morgan fingerprint density at radius 3 is 2.90 bits per heavy atom. The molecule has 2 aromatic rings. The van der Waals surface area contributed by atoms with Crippen molar-refractivity contribution in [3.63, 3.8) is 0 Å². The number of carbonyl (C=O) groups is 1. The molecule has 158 valence electrons. The van der Waals surface area contributed by atoms with E-state index in [1.54, 1.807) is 0 Å². The number of aryl methyl sites for hydroxylation is 1. The fraction of sp³-hybridized carbons (Fsp3) is 0.556. The van der Waals surface area contributed by atoms with Crippen LogP contribution in [0.15, 0.2) is 16.8 Å². The van der Waals surface area contributed by atoms with Crippen LogP contribution in [0.3, 0.4) is 0 Å². The van der Waals surface area contributed by atoms with E-state index < -0.39 is 14.0 Å². The molecular weight excluding hydrogens is 521 g/mol. The fourth-order valence-corrected chi connectivity index (χ4v) is 5.01. The molecule has 0 spiro atoms. The first kappa shape index (κ1) is 22.5. The van der Waals surface area contributed by atoms with Gasteiger partial charge in [-0.05, 0) is 47.5 Å². The third-order valence-corrected chi connectivity index (χ3v) is 7.96. The average molecular weight is 547 g/mol. The van der Waals surface area contributed by atoms with Crippen LogP contribution in [0.2, 0.25) is 25.7 Å². The van der Waals surface area contributed by atoms with Gasteiger partial charge in [0.05, 0.1) is 19.0 Å². The van der Waals surface area contributed by atoms with Gasteiger partial charge in [-0.25, -0.2) is 19.2 Å². The number of nitrogens with zero attached hydrogens (tertiary/aromatic N) is 5. The summed E-state index contributed by atoms with van der Waals surface area (Å²) in [5.41, 5.74) is 2.07. The SMILES string of the molecule is COC(=O)C1=NSC(N(COCC[Si](C)(C)C)c2nc(C)cn3c(I)cnc23)C1. The summed E-state index contributed by atoms with van der Waals surface area (Å²) in [5.74, 6) is 0.344. The van der Waals surface area contributed by atoms with Gasteiger partial charge in [0.15, 0.2) is 11.5 Å². The largest absolute Gasteiger partial charge is 0.465 e. The Labute approximate surface area is 189 Å². The Bertz CT molecular complexity index is 930. The molecule has 29 heavy (non-hydrogen) atoms. The van der Waals surface area contributed by atoms with Gasteiger partial charge in [-0.3, -0.25) is 4.40 Å². The number of ether oxygens (including phenoxy) is 2. The first-order valence-corrected chi connectivity index (χ1v) is 15.0. The van der Waals surface area contributed by atoms with Crippen LogP contribution >= 0.6 is 34.5 Å². The molecule has 2 aromatic heterocycles. The molecule has 8 nitrogen and oxygen atoms in total. The van der Waals surface area contributed by atoms with Crippen molar-refractivity contribution in [1.29, 1.82) is 0 Å². The lowest BCUT2D eigenvalue weighted by atomic mass is 10.2. The average Bonchev–Trinajstić information content (AvgIpc) is 3.27. The number of halogens is 1. The molecule has 1 atom stereocenters. The molecule has 0 N–H and O–H groups in total. The first-order valence-electron chi connectivity index (χ1n) is 9.35. The normalized spacial score (nSPS) is 16.9. The Balaban J connectivity index is 1.87. The highest BCUT2D eigenvalue weighted by Gasteiger charge is 2.33. The van der Waals surface area contributed by atoms with Crippen LogP contribution in [-0.2, 0) is 14.3 Å². The van der Waals surface area contributed by atoms with Crippen molar-refractivity contribution < 1.29 is 14.3 Å². The summed E-state index contributed by atoms with van der Waals surface area (Å²) in [6, 6.07) is 1.08. The highest BCUT2D eigenvalue weighted by Crippen LogP contribution is 2.33. The first-order chi connectivity index (χ1) is 13.7. The second-order valence-corrected chi connectivity index (χ2v) is 15.8. The van der Waals surface area contributed by atoms with Gasteiger partial charge in [-0.15, -0.1) is 0 Å².